The van der Waals surface area contributed by atoms with Crippen molar-refractivity contribution in [3.8, 4) is 11.4 Å². The highest BCUT2D eigenvalue weighted by Crippen LogP contribution is 2.19. The van der Waals surface area contributed by atoms with E-state index < -0.39 is 0 Å². The lowest BCUT2D eigenvalue weighted by atomic mass is 10.2. The number of hydrogen-bond acceptors (Lipinski definition) is 4. The van der Waals surface area contributed by atoms with E-state index in [4.69, 9.17) is 4.74 Å². The highest BCUT2D eigenvalue weighted by atomic mass is 16.5. The molecule has 25 heavy (non-hydrogen) atoms. The molecule has 0 unspecified atom stereocenters. The van der Waals surface area contributed by atoms with E-state index in [1.807, 2.05) is 54.9 Å². The summed E-state index contributed by atoms with van der Waals surface area (Å²) in [5.41, 5.74) is 3.79. The molecule has 0 amide bonds. The highest BCUT2D eigenvalue weighted by Gasteiger charge is 2.17. The Balaban J connectivity index is 0.000000880. The van der Waals surface area contributed by atoms with Crippen molar-refractivity contribution < 1.29 is 4.74 Å². The topological polar surface area (TPSA) is 73.0 Å². The van der Waals surface area contributed by atoms with Crippen molar-refractivity contribution in [3.63, 3.8) is 0 Å². The van der Waals surface area contributed by atoms with Crippen molar-refractivity contribution in [1.29, 1.82) is 0 Å². The van der Waals surface area contributed by atoms with E-state index in [9.17, 15) is 0 Å². The molecule has 0 fully saturated rings. The average molecular weight is 336 g/mol. The maximum Gasteiger partial charge on any atom is 0.203 e. The van der Waals surface area contributed by atoms with Crippen LogP contribution in [0.1, 0.15) is 17.1 Å². The van der Waals surface area contributed by atoms with Crippen LogP contribution < -0.4 is 4.74 Å². The van der Waals surface area contributed by atoms with Gasteiger partial charge < -0.3 is 4.74 Å². The first kappa shape index (κ1) is 16.5. The molecule has 0 aliphatic rings. The minimum atomic E-state index is 0.336. The summed E-state index contributed by atoms with van der Waals surface area (Å²) < 4.78 is 9.40. The second-order valence-electron chi connectivity index (χ2n) is 5.41. The number of aryl methyl sites for hydroxylation is 2. The summed E-state index contributed by atoms with van der Waals surface area (Å²) in [5.74, 6) is 1.52. The van der Waals surface area contributed by atoms with E-state index in [0.29, 0.717) is 12.4 Å². The normalized spacial score (nSPS) is 10.5. The monoisotopic (exact) mass is 336 g/mol. The van der Waals surface area contributed by atoms with Gasteiger partial charge >= 0.3 is 0 Å². The smallest absolute Gasteiger partial charge is 0.203 e. The molecule has 1 aromatic carbocycles. The Labute approximate surface area is 145 Å². The van der Waals surface area contributed by atoms with Crippen molar-refractivity contribution in [1.82, 2.24) is 29.6 Å². The molecule has 0 aliphatic heterocycles. The Morgan fingerprint density at radius 2 is 1.88 bits per heavy atom. The van der Waals surface area contributed by atoms with E-state index >= 15 is 0 Å². The molecule has 4 aromatic rings. The van der Waals surface area contributed by atoms with Crippen LogP contribution in [0.5, 0.6) is 5.75 Å². The fraction of sp³-hybridized carbons (Fsp3) is 0.167. The van der Waals surface area contributed by atoms with Crippen LogP contribution in [-0.2, 0) is 6.61 Å². The molecule has 0 bridgehead atoms. The number of rotatable bonds is 4. The SMILES string of the molecule is C=C.Cc1ccc(OCc2nnc3c(-n4cccn4)c(C)[nH]n23)cc1. The molecular formula is C18H20N6O. The number of hydrogen-bond donors (Lipinski definition) is 1. The third-order valence-corrected chi connectivity index (χ3v) is 3.70. The maximum atomic E-state index is 5.79. The van der Waals surface area contributed by atoms with Gasteiger partial charge in [-0.25, -0.2) is 9.20 Å². The Hall–Kier alpha value is -3.35. The molecule has 0 saturated carbocycles. The summed E-state index contributed by atoms with van der Waals surface area (Å²) in [6, 6.07) is 9.80. The molecule has 0 atom stereocenters. The van der Waals surface area contributed by atoms with Gasteiger partial charge in [-0.2, -0.15) is 5.10 Å². The van der Waals surface area contributed by atoms with Gasteiger partial charge in [0.25, 0.3) is 0 Å². The van der Waals surface area contributed by atoms with Crippen LogP contribution in [0.15, 0.2) is 55.9 Å². The first-order valence-corrected chi connectivity index (χ1v) is 7.84. The van der Waals surface area contributed by atoms with E-state index in [1.165, 1.54) is 5.56 Å². The van der Waals surface area contributed by atoms with Crippen molar-refractivity contribution in [2.75, 3.05) is 0 Å². The molecule has 0 aliphatic carbocycles. The molecule has 3 aromatic heterocycles. The van der Waals surface area contributed by atoms with Gasteiger partial charge in [0.2, 0.25) is 5.65 Å². The molecule has 7 heteroatoms. The Kier molecular flexibility index (Phi) is 4.65. The van der Waals surface area contributed by atoms with Crippen LogP contribution in [0, 0.1) is 13.8 Å². The maximum absolute atomic E-state index is 5.79. The quantitative estimate of drug-likeness (QED) is 0.581. The zero-order valence-electron chi connectivity index (χ0n) is 14.3. The van der Waals surface area contributed by atoms with Gasteiger partial charge in [0.05, 0.1) is 5.69 Å². The predicted molar refractivity (Wildman–Crippen MR) is 96.0 cm³/mol. The van der Waals surface area contributed by atoms with E-state index in [-0.39, 0.29) is 0 Å². The standard InChI is InChI=1S/C16H16N6O.C2H4/c1-11-4-6-13(7-5-11)23-10-14-18-19-16-15(12(2)20-22(14)16)21-9-3-8-17-21;1-2/h3-9,20H,10H2,1-2H3;1-2H2. The number of H-pyrrole nitrogens is 1. The van der Waals surface area contributed by atoms with E-state index in [2.05, 4.69) is 33.6 Å². The zero-order chi connectivity index (χ0) is 17.8. The van der Waals surface area contributed by atoms with Crippen LogP contribution in [0.3, 0.4) is 0 Å². The second kappa shape index (κ2) is 7.04. The zero-order valence-corrected chi connectivity index (χ0v) is 14.3. The third kappa shape index (κ3) is 3.16. The summed E-state index contributed by atoms with van der Waals surface area (Å²) in [6.45, 7) is 10.4. The molecule has 7 nitrogen and oxygen atoms in total. The van der Waals surface area contributed by atoms with Crippen molar-refractivity contribution in [3.05, 3.63) is 73.0 Å². The minimum Gasteiger partial charge on any atom is -0.486 e. The van der Waals surface area contributed by atoms with Gasteiger partial charge in [0.15, 0.2) is 5.82 Å². The molecule has 0 saturated heterocycles. The Morgan fingerprint density at radius 3 is 2.56 bits per heavy atom. The van der Waals surface area contributed by atoms with Crippen LogP contribution in [0.4, 0.5) is 0 Å². The third-order valence-electron chi connectivity index (χ3n) is 3.70. The van der Waals surface area contributed by atoms with Crippen LogP contribution in [0.2, 0.25) is 0 Å². The lowest BCUT2D eigenvalue weighted by Gasteiger charge is -2.04. The number of nitrogens with zero attached hydrogens (tertiary/aromatic N) is 5. The molecular weight excluding hydrogens is 316 g/mol. The van der Waals surface area contributed by atoms with Crippen molar-refractivity contribution in [2.24, 2.45) is 0 Å². The number of aromatic amines is 1. The number of benzene rings is 1. The Morgan fingerprint density at radius 1 is 1.12 bits per heavy atom. The molecule has 128 valence electrons. The number of nitrogens with one attached hydrogen (secondary N) is 1. The molecule has 4 rings (SSSR count). The lowest BCUT2D eigenvalue weighted by Crippen LogP contribution is -2.02. The summed E-state index contributed by atoms with van der Waals surface area (Å²) in [5, 5.41) is 16.0. The number of fused-ring (bicyclic) bond motifs is 1. The summed E-state index contributed by atoms with van der Waals surface area (Å²) in [7, 11) is 0. The van der Waals surface area contributed by atoms with Gasteiger partial charge in [-0.05, 0) is 32.0 Å². The van der Waals surface area contributed by atoms with Crippen LogP contribution in [-0.4, -0.2) is 29.6 Å². The Bertz CT molecular complexity index is 950. The van der Waals surface area contributed by atoms with Crippen LogP contribution >= 0.6 is 0 Å². The number of ether oxygens (including phenoxy) is 1. The first-order chi connectivity index (χ1) is 12.2. The molecule has 3 heterocycles. The van der Waals surface area contributed by atoms with E-state index in [0.717, 1.165) is 22.8 Å². The predicted octanol–water partition coefficient (Wildman–Crippen LogP) is 3.24. The number of aromatic nitrogens is 6. The highest BCUT2D eigenvalue weighted by molar-refractivity contribution is 5.61. The largest absolute Gasteiger partial charge is 0.486 e. The molecule has 0 spiro atoms. The fourth-order valence-corrected chi connectivity index (χ4v) is 2.53. The van der Waals surface area contributed by atoms with Gasteiger partial charge in [0, 0.05) is 12.4 Å². The van der Waals surface area contributed by atoms with Crippen LogP contribution in [0.25, 0.3) is 11.3 Å². The molecule has 0 radical (unpaired) electrons. The first-order valence-electron chi connectivity index (χ1n) is 7.84. The van der Waals surface area contributed by atoms with Crippen molar-refractivity contribution >= 4 is 5.65 Å². The summed E-state index contributed by atoms with van der Waals surface area (Å²) >= 11 is 0. The summed E-state index contributed by atoms with van der Waals surface area (Å²) in [4.78, 5) is 0. The lowest BCUT2D eigenvalue weighted by molar-refractivity contribution is 0.292. The van der Waals surface area contributed by atoms with Gasteiger partial charge in [-0.3, -0.25) is 5.10 Å². The van der Waals surface area contributed by atoms with Crippen molar-refractivity contribution in [2.45, 2.75) is 20.5 Å². The van der Waals surface area contributed by atoms with Gasteiger partial charge in [-0.1, -0.05) is 17.7 Å². The molecule has 1 N–H and O–H groups in total. The van der Waals surface area contributed by atoms with E-state index in [1.54, 1.807) is 10.9 Å². The van der Waals surface area contributed by atoms with Gasteiger partial charge in [-0.15, -0.1) is 23.4 Å². The van der Waals surface area contributed by atoms with Gasteiger partial charge in [0.1, 0.15) is 18.0 Å². The second-order valence-corrected chi connectivity index (χ2v) is 5.41. The summed E-state index contributed by atoms with van der Waals surface area (Å²) in [6.07, 6.45) is 3.62. The fourth-order valence-electron chi connectivity index (χ4n) is 2.53. The average Bonchev–Trinajstić information content (AvgIpc) is 3.34. The minimum absolute atomic E-state index is 0.336.